The number of hydrogen-bond acceptors (Lipinski definition) is 3. The van der Waals surface area contributed by atoms with Crippen LogP contribution in [-0.4, -0.2) is 23.1 Å². The van der Waals surface area contributed by atoms with E-state index in [1.807, 2.05) is 42.3 Å². The largest absolute Gasteiger partial charge is 0.478 e. The summed E-state index contributed by atoms with van der Waals surface area (Å²) in [6, 6.07) is 11.3. The van der Waals surface area contributed by atoms with Gasteiger partial charge in [-0.3, -0.25) is 4.98 Å². The summed E-state index contributed by atoms with van der Waals surface area (Å²) in [5, 5.41) is 9.14. The van der Waals surface area contributed by atoms with Crippen molar-refractivity contribution in [1.29, 1.82) is 0 Å². The molecule has 0 radical (unpaired) electrons. The summed E-state index contributed by atoms with van der Waals surface area (Å²) in [7, 11) is 1.95. The van der Waals surface area contributed by atoms with Crippen LogP contribution in [0, 0.1) is 0 Å². The normalized spacial score (nSPS) is 10.8. The minimum atomic E-state index is -0.998. The highest BCUT2D eigenvalue weighted by atomic mass is 35.5. The van der Waals surface area contributed by atoms with Gasteiger partial charge < -0.3 is 10.0 Å². The lowest BCUT2D eigenvalue weighted by atomic mass is 10.1. The van der Waals surface area contributed by atoms with Crippen molar-refractivity contribution >= 4 is 29.3 Å². The predicted octanol–water partition coefficient (Wildman–Crippen LogP) is 3.47. The van der Waals surface area contributed by atoms with Crippen LogP contribution in [0.3, 0.4) is 0 Å². The van der Waals surface area contributed by atoms with Crippen molar-refractivity contribution < 1.29 is 9.90 Å². The molecule has 4 nitrogen and oxygen atoms in total. The summed E-state index contributed by atoms with van der Waals surface area (Å²) in [6.45, 7) is 0.668. The number of aliphatic carboxylic acids is 1. The van der Waals surface area contributed by atoms with Gasteiger partial charge in [-0.1, -0.05) is 23.7 Å². The Morgan fingerprint density at radius 3 is 2.81 bits per heavy atom. The second-order valence-corrected chi connectivity index (χ2v) is 4.96. The molecule has 5 heteroatoms. The number of carbonyl (C=O) groups is 1. The van der Waals surface area contributed by atoms with Crippen molar-refractivity contribution in [1.82, 2.24) is 4.98 Å². The molecule has 0 saturated heterocycles. The number of carboxylic acids is 1. The number of hydrogen-bond donors (Lipinski definition) is 1. The molecular formula is C16H15ClN2O2. The van der Waals surface area contributed by atoms with Gasteiger partial charge in [0.05, 0.1) is 12.2 Å². The zero-order valence-electron chi connectivity index (χ0n) is 11.5. The maximum absolute atomic E-state index is 10.5. The van der Waals surface area contributed by atoms with Crippen molar-refractivity contribution in [3.05, 3.63) is 65.0 Å². The Bertz CT molecular complexity index is 657. The Morgan fingerprint density at radius 2 is 2.19 bits per heavy atom. The van der Waals surface area contributed by atoms with Crippen LogP contribution in [0.25, 0.3) is 6.08 Å². The topological polar surface area (TPSA) is 53.4 Å². The molecular weight excluding hydrogens is 288 g/mol. The van der Waals surface area contributed by atoms with E-state index < -0.39 is 5.97 Å². The lowest BCUT2D eigenvalue weighted by Gasteiger charge is -2.19. The quantitative estimate of drug-likeness (QED) is 0.859. The average Bonchev–Trinajstić information content (AvgIpc) is 2.46. The third-order valence-corrected chi connectivity index (χ3v) is 3.28. The van der Waals surface area contributed by atoms with E-state index in [9.17, 15) is 4.79 Å². The number of benzene rings is 1. The molecule has 0 atom stereocenters. The van der Waals surface area contributed by atoms with Gasteiger partial charge >= 0.3 is 5.97 Å². The molecule has 108 valence electrons. The number of rotatable bonds is 5. The maximum Gasteiger partial charge on any atom is 0.328 e. The van der Waals surface area contributed by atoms with Crippen LogP contribution in [0.1, 0.15) is 11.3 Å². The second-order valence-electron chi connectivity index (χ2n) is 4.55. The number of aromatic nitrogens is 1. The molecule has 0 unspecified atom stereocenters. The average molecular weight is 303 g/mol. The van der Waals surface area contributed by atoms with Crippen LogP contribution in [0.5, 0.6) is 0 Å². The first-order valence-electron chi connectivity index (χ1n) is 6.38. The molecule has 1 aromatic carbocycles. The van der Waals surface area contributed by atoms with Crippen molar-refractivity contribution in [2.45, 2.75) is 6.54 Å². The van der Waals surface area contributed by atoms with Crippen molar-refractivity contribution in [2.75, 3.05) is 11.9 Å². The molecule has 0 bridgehead atoms. The Morgan fingerprint density at radius 1 is 1.38 bits per heavy atom. The van der Waals surface area contributed by atoms with Gasteiger partial charge in [0.2, 0.25) is 0 Å². The molecule has 1 N–H and O–H groups in total. The second kappa shape index (κ2) is 6.90. The first-order valence-corrected chi connectivity index (χ1v) is 6.75. The number of anilines is 1. The smallest absolute Gasteiger partial charge is 0.328 e. The summed E-state index contributed by atoms with van der Waals surface area (Å²) < 4.78 is 0. The summed E-state index contributed by atoms with van der Waals surface area (Å²) in [4.78, 5) is 16.8. The molecule has 0 saturated carbocycles. The SMILES string of the molecule is CN(Cc1ccccn1)c1ccc(/C=C/C(=O)O)c(Cl)c1. The van der Waals surface area contributed by atoms with Crippen LogP contribution in [0.4, 0.5) is 5.69 Å². The molecule has 0 spiro atoms. The molecule has 2 aromatic rings. The van der Waals surface area contributed by atoms with Crippen molar-refractivity contribution in [2.24, 2.45) is 0 Å². The molecule has 1 heterocycles. The first kappa shape index (κ1) is 15.1. The van der Waals surface area contributed by atoms with Gasteiger partial charge in [0.25, 0.3) is 0 Å². The number of halogens is 1. The van der Waals surface area contributed by atoms with E-state index in [0.717, 1.165) is 17.5 Å². The van der Waals surface area contributed by atoms with Crippen LogP contribution in [0.2, 0.25) is 5.02 Å². The number of pyridine rings is 1. The monoisotopic (exact) mass is 302 g/mol. The van der Waals surface area contributed by atoms with E-state index in [1.54, 1.807) is 12.3 Å². The lowest BCUT2D eigenvalue weighted by molar-refractivity contribution is -0.131. The van der Waals surface area contributed by atoms with Gasteiger partial charge in [-0.05, 0) is 35.9 Å². The fraction of sp³-hybridized carbons (Fsp3) is 0.125. The fourth-order valence-electron chi connectivity index (χ4n) is 1.88. The Balaban J connectivity index is 2.14. The van der Waals surface area contributed by atoms with Gasteiger partial charge in [-0.15, -0.1) is 0 Å². The lowest BCUT2D eigenvalue weighted by Crippen LogP contribution is -2.17. The molecule has 0 fully saturated rings. The molecule has 2 rings (SSSR count). The minimum Gasteiger partial charge on any atom is -0.478 e. The third kappa shape index (κ3) is 4.33. The van der Waals surface area contributed by atoms with E-state index in [2.05, 4.69) is 4.98 Å². The van der Waals surface area contributed by atoms with Gasteiger partial charge in [-0.2, -0.15) is 0 Å². The molecule has 0 aliphatic carbocycles. The fourth-order valence-corrected chi connectivity index (χ4v) is 2.11. The third-order valence-electron chi connectivity index (χ3n) is 2.96. The van der Waals surface area contributed by atoms with Gasteiger partial charge in [0.1, 0.15) is 0 Å². The van der Waals surface area contributed by atoms with E-state index >= 15 is 0 Å². The minimum absolute atomic E-state index is 0.512. The van der Waals surface area contributed by atoms with Crippen LogP contribution >= 0.6 is 11.6 Å². The summed E-state index contributed by atoms with van der Waals surface area (Å²) in [5.41, 5.74) is 2.58. The van der Waals surface area contributed by atoms with E-state index in [0.29, 0.717) is 17.1 Å². The standard InChI is InChI=1S/C16H15ClN2O2/c1-19(11-13-4-2-3-9-18-13)14-7-5-12(15(17)10-14)6-8-16(20)21/h2-10H,11H2,1H3,(H,20,21)/b8-6+. The molecule has 21 heavy (non-hydrogen) atoms. The summed E-state index contributed by atoms with van der Waals surface area (Å²) in [6.07, 6.45) is 4.31. The predicted molar refractivity (Wildman–Crippen MR) is 84.5 cm³/mol. The molecule has 1 aromatic heterocycles. The first-order chi connectivity index (χ1) is 10.1. The van der Waals surface area contributed by atoms with Crippen LogP contribution in [0.15, 0.2) is 48.7 Å². The Kier molecular flexibility index (Phi) is 4.95. The van der Waals surface area contributed by atoms with E-state index in [4.69, 9.17) is 16.7 Å². The maximum atomic E-state index is 10.5. The Labute approximate surface area is 128 Å². The van der Waals surface area contributed by atoms with Gasteiger partial charge in [-0.25, -0.2) is 4.79 Å². The van der Waals surface area contributed by atoms with Gasteiger partial charge in [0, 0.05) is 30.0 Å². The van der Waals surface area contributed by atoms with Crippen LogP contribution in [-0.2, 0) is 11.3 Å². The highest BCUT2D eigenvalue weighted by Gasteiger charge is 2.06. The van der Waals surface area contributed by atoms with Crippen molar-refractivity contribution in [3.8, 4) is 0 Å². The van der Waals surface area contributed by atoms with Gasteiger partial charge in [0.15, 0.2) is 0 Å². The zero-order chi connectivity index (χ0) is 15.2. The van der Waals surface area contributed by atoms with E-state index in [1.165, 1.54) is 6.08 Å². The van der Waals surface area contributed by atoms with Crippen LogP contribution < -0.4 is 4.90 Å². The highest BCUT2D eigenvalue weighted by molar-refractivity contribution is 6.32. The summed E-state index contributed by atoms with van der Waals surface area (Å²) >= 11 is 6.17. The number of nitrogens with zero attached hydrogens (tertiary/aromatic N) is 2. The highest BCUT2D eigenvalue weighted by Crippen LogP contribution is 2.24. The van der Waals surface area contributed by atoms with Crippen molar-refractivity contribution in [3.63, 3.8) is 0 Å². The molecule has 0 aliphatic heterocycles. The zero-order valence-corrected chi connectivity index (χ0v) is 12.3. The number of carboxylic acid groups (broad SMARTS) is 1. The van der Waals surface area contributed by atoms with E-state index in [-0.39, 0.29) is 0 Å². The molecule has 0 aliphatic rings. The molecule has 0 amide bonds. The Hall–Kier alpha value is -2.33. The summed E-state index contributed by atoms with van der Waals surface area (Å²) in [5.74, 6) is -0.998.